The van der Waals surface area contributed by atoms with Crippen molar-refractivity contribution in [2.75, 3.05) is 0 Å². The molecule has 0 radical (unpaired) electrons. The quantitative estimate of drug-likeness (QED) is 0.867. The number of aliphatic hydroxyl groups is 1. The van der Waals surface area contributed by atoms with Crippen molar-refractivity contribution >= 4 is 5.97 Å². The zero-order chi connectivity index (χ0) is 14.6. The van der Waals surface area contributed by atoms with Gasteiger partial charge in [-0.15, -0.1) is 0 Å². The zero-order valence-corrected chi connectivity index (χ0v) is 12.1. The van der Waals surface area contributed by atoms with Gasteiger partial charge in [-0.25, -0.2) is 0 Å². The summed E-state index contributed by atoms with van der Waals surface area (Å²) in [5.41, 5.74) is 1.43. The van der Waals surface area contributed by atoms with Crippen molar-refractivity contribution in [2.24, 2.45) is 5.92 Å². The molecule has 1 saturated carbocycles. The smallest absolute Gasteiger partial charge is 0.303 e. The highest BCUT2D eigenvalue weighted by Crippen LogP contribution is 2.45. The van der Waals surface area contributed by atoms with Crippen molar-refractivity contribution in [3.8, 4) is 0 Å². The van der Waals surface area contributed by atoms with Crippen LogP contribution < -0.4 is 0 Å². The molecule has 1 aromatic rings. The fraction of sp³-hybridized carbons (Fsp3) is 0.588. The molecule has 2 N–H and O–H groups in total. The van der Waals surface area contributed by atoms with E-state index in [1.807, 2.05) is 6.07 Å². The van der Waals surface area contributed by atoms with Crippen molar-refractivity contribution in [3.63, 3.8) is 0 Å². The van der Waals surface area contributed by atoms with Crippen LogP contribution >= 0.6 is 0 Å². The highest BCUT2D eigenvalue weighted by molar-refractivity contribution is 5.66. The minimum atomic E-state index is -0.774. The summed E-state index contributed by atoms with van der Waals surface area (Å²) in [4.78, 5) is 10.8. The van der Waals surface area contributed by atoms with Gasteiger partial charge < -0.3 is 10.2 Å². The van der Waals surface area contributed by atoms with Gasteiger partial charge in [0.25, 0.3) is 0 Å². The van der Waals surface area contributed by atoms with Gasteiger partial charge in [0.05, 0.1) is 6.10 Å². The van der Waals surface area contributed by atoms with Crippen LogP contribution in [-0.4, -0.2) is 22.3 Å². The van der Waals surface area contributed by atoms with Crippen molar-refractivity contribution in [2.45, 2.75) is 57.0 Å². The third kappa shape index (κ3) is 3.21. The summed E-state index contributed by atoms with van der Waals surface area (Å²) < 4.78 is 0. The lowest BCUT2D eigenvalue weighted by atomic mass is 9.63. The van der Waals surface area contributed by atoms with Crippen LogP contribution in [0.2, 0.25) is 0 Å². The van der Waals surface area contributed by atoms with Gasteiger partial charge in [-0.3, -0.25) is 4.79 Å². The molecule has 3 nitrogen and oxygen atoms in total. The summed E-state index contributed by atoms with van der Waals surface area (Å²) in [6.07, 6.45) is 4.06. The van der Waals surface area contributed by atoms with Crippen LogP contribution in [0.5, 0.6) is 0 Å². The Balaban J connectivity index is 2.16. The first-order valence-corrected chi connectivity index (χ1v) is 7.53. The second kappa shape index (κ2) is 6.40. The van der Waals surface area contributed by atoms with E-state index in [4.69, 9.17) is 5.11 Å². The van der Waals surface area contributed by atoms with Gasteiger partial charge in [0, 0.05) is 6.42 Å². The molecule has 0 heterocycles. The number of aliphatic hydroxyl groups excluding tert-OH is 1. The van der Waals surface area contributed by atoms with E-state index in [9.17, 15) is 9.90 Å². The number of hydrogen-bond acceptors (Lipinski definition) is 2. The Morgan fingerprint density at radius 2 is 2.05 bits per heavy atom. The highest BCUT2D eigenvalue weighted by Gasteiger charge is 2.40. The van der Waals surface area contributed by atoms with Crippen LogP contribution in [0.1, 0.15) is 51.0 Å². The van der Waals surface area contributed by atoms with E-state index < -0.39 is 5.97 Å². The van der Waals surface area contributed by atoms with Gasteiger partial charge in [-0.2, -0.15) is 0 Å². The molecule has 1 aromatic carbocycles. The molecule has 3 atom stereocenters. The Bertz CT molecular complexity index is 443. The number of aliphatic carboxylic acids is 1. The molecule has 3 unspecified atom stereocenters. The second-order valence-corrected chi connectivity index (χ2v) is 6.00. The normalized spacial score (nSPS) is 30.1. The molecule has 0 saturated heterocycles. The van der Waals surface area contributed by atoms with Gasteiger partial charge in [-0.1, -0.05) is 37.3 Å². The standard InChI is InChI=1S/C17H24O3/c1-2-17(14-6-4-3-5-7-14)11-10-15(18)13(12-17)8-9-16(19)20/h3-7,13,15,18H,2,8-12H2,1H3,(H,19,20). The molecule has 3 heteroatoms. The maximum absolute atomic E-state index is 10.8. The van der Waals surface area contributed by atoms with E-state index in [-0.39, 0.29) is 23.9 Å². The Labute approximate surface area is 120 Å². The third-order valence-electron chi connectivity index (χ3n) is 4.91. The molecule has 0 aliphatic heterocycles. The van der Waals surface area contributed by atoms with Gasteiger partial charge >= 0.3 is 5.97 Å². The monoisotopic (exact) mass is 276 g/mol. The average molecular weight is 276 g/mol. The molecule has 0 amide bonds. The van der Waals surface area contributed by atoms with E-state index in [1.54, 1.807) is 0 Å². The molecular weight excluding hydrogens is 252 g/mol. The van der Waals surface area contributed by atoms with Gasteiger partial charge in [0.1, 0.15) is 0 Å². The fourth-order valence-corrected chi connectivity index (χ4v) is 3.58. The SMILES string of the molecule is CCC1(c2ccccc2)CCC(O)C(CCC(=O)O)C1. The predicted molar refractivity (Wildman–Crippen MR) is 78.6 cm³/mol. The van der Waals surface area contributed by atoms with Crippen LogP contribution in [0.15, 0.2) is 30.3 Å². The highest BCUT2D eigenvalue weighted by atomic mass is 16.4. The Morgan fingerprint density at radius 3 is 2.65 bits per heavy atom. The van der Waals surface area contributed by atoms with Crippen LogP contribution in [0, 0.1) is 5.92 Å². The number of carboxylic acids is 1. The van der Waals surface area contributed by atoms with E-state index >= 15 is 0 Å². The van der Waals surface area contributed by atoms with Crippen molar-refractivity contribution < 1.29 is 15.0 Å². The lowest BCUT2D eigenvalue weighted by molar-refractivity contribution is -0.137. The number of hydrogen-bond donors (Lipinski definition) is 2. The first kappa shape index (κ1) is 15.0. The zero-order valence-electron chi connectivity index (χ0n) is 12.1. The number of rotatable bonds is 5. The predicted octanol–water partition coefficient (Wildman–Crippen LogP) is 3.36. The van der Waals surface area contributed by atoms with E-state index in [1.165, 1.54) is 5.56 Å². The van der Waals surface area contributed by atoms with Crippen LogP contribution in [0.3, 0.4) is 0 Å². The van der Waals surface area contributed by atoms with E-state index in [0.29, 0.717) is 6.42 Å². The molecule has 2 rings (SSSR count). The maximum Gasteiger partial charge on any atom is 0.303 e. The fourth-order valence-electron chi connectivity index (χ4n) is 3.58. The van der Waals surface area contributed by atoms with Crippen LogP contribution in [0.4, 0.5) is 0 Å². The number of carboxylic acid groups (broad SMARTS) is 1. The van der Waals surface area contributed by atoms with Crippen LogP contribution in [0.25, 0.3) is 0 Å². The number of benzene rings is 1. The van der Waals surface area contributed by atoms with Crippen LogP contribution in [-0.2, 0) is 10.2 Å². The summed E-state index contributed by atoms with van der Waals surface area (Å²) in [6.45, 7) is 2.19. The maximum atomic E-state index is 10.8. The topological polar surface area (TPSA) is 57.5 Å². The molecule has 110 valence electrons. The summed E-state index contributed by atoms with van der Waals surface area (Å²) in [6, 6.07) is 10.5. The Morgan fingerprint density at radius 1 is 1.35 bits per heavy atom. The Kier molecular flexibility index (Phi) is 4.81. The Hall–Kier alpha value is -1.35. The third-order valence-corrected chi connectivity index (χ3v) is 4.91. The minimum absolute atomic E-state index is 0.0972. The largest absolute Gasteiger partial charge is 0.481 e. The molecule has 0 spiro atoms. The molecule has 0 aromatic heterocycles. The van der Waals surface area contributed by atoms with Gasteiger partial charge in [0.2, 0.25) is 0 Å². The van der Waals surface area contributed by atoms with Crippen molar-refractivity contribution in [1.29, 1.82) is 0 Å². The van der Waals surface area contributed by atoms with E-state index in [0.717, 1.165) is 25.7 Å². The molecular formula is C17H24O3. The minimum Gasteiger partial charge on any atom is -0.481 e. The summed E-state index contributed by atoms with van der Waals surface area (Å²) in [7, 11) is 0. The second-order valence-electron chi connectivity index (χ2n) is 6.00. The molecule has 20 heavy (non-hydrogen) atoms. The molecule has 1 aliphatic rings. The molecule has 1 fully saturated rings. The lowest BCUT2D eigenvalue weighted by Crippen LogP contribution is -2.39. The lowest BCUT2D eigenvalue weighted by Gasteiger charge is -2.43. The van der Waals surface area contributed by atoms with Gasteiger partial charge in [-0.05, 0) is 49.0 Å². The van der Waals surface area contributed by atoms with Gasteiger partial charge in [0.15, 0.2) is 0 Å². The van der Waals surface area contributed by atoms with Crippen molar-refractivity contribution in [3.05, 3.63) is 35.9 Å². The summed E-state index contributed by atoms with van der Waals surface area (Å²) >= 11 is 0. The first-order valence-electron chi connectivity index (χ1n) is 7.53. The first-order chi connectivity index (χ1) is 9.57. The average Bonchev–Trinajstić information content (AvgIpc) is 2.47. The summed E-state index contributed by atoms with van der Waals surface area (Å²) in [5.74, 6) is -0.676. The summed E-state index contributed by atoms with van der Waals surface area (Å²) in [5, 5.41) is 19.0. The molecule has 0 bridgehead atoms. The molecule has 1 aliphatic carbocycles. The number of carbonyl (C=O) groups is 1. The van der Waals surface area contributed by atoms with Crippen molar-refractivity contribution in [1.82, 2.24) is 0 Å². The van der Waals surface area contributed by atoms with E-state index in [2.05, 4.69) is 31.2 Å².